The molecule has 4 heteroatoms. The molecule has 120 valence electrons. The van der Waals surface area contributed by atoms with Crippen LogP contribution in [0.15, 0.2) is 42.5 Å². The molecule has 0 aliphatic heterocycles. The van der Waals surface area contributed by atoms with E-state index < -0.39 is 5.91 Å². The molecule has 0 bridgehead atoms. The predicted octanol–water partition coefficient (Wildman–Crippen LogP) is 5.23. The molecule has 0 unspecified atom stereocenters. The Hall–Kier alpha value is -2.00. The normalized spacial score (nSPS) is 15.3. The van der Waals surface area contributed by atoms with Crippen molar-refractivity contribution in [1.29, 1.82) is 0 Å². The zero-order chi connectivity index (χ0) is 16.2. The smallest absolute Gasteiger partial charge is 0.250 e. The van der Waals surface area contributed by atoms with Crippen LogP contribution in [0.25, 0.3) is 0 Å². The highest BCUT2D eigenvalue weighted by Gasteiger charge is 2.15. The molecule has 0 heterocycles. The van der Waals surface area contributed by atoms with Crippen LogP contribution in [-0.2, 0) is 0 Å². The van der Waals surface area contributed by atoms with E-state index in [0.29, 0.717) is 22.2 Å². The summed E-state index contributed by atoms with van der Waals surface area (Å²) in [5.41, 5.74) is 8.84. The highest BCUT2D eigenvalue weighted by atomic mass is 35.5. The minimum absolute atomic E-state index is 0.397. The Bertz CT molecular complexity index is 691. The number of carbonyl (C=O) groups is 1. The molecule has 1 fully saturated rings. The van der Waals surface area contributed by atoms with Gasteiger partial charge in [0, 0.05) is 10.7 Å². The second-order valence-electron chi connectivity index (χ2n) is 6.14. The van der Waals surface area contributed by atoms with Gasteiger partial charge in [0.05, 0.1) is 11.3 Å². The molecule has 0 radical (unpaired) electrons. The fourth-order valence-electron chi connectivity index (χ4n) is 3.26. The topological polar surface area (TPSA) is 55.1 Å². The Morgan fingerprint density at radius 2 is 1.74 bits per heavy atom. The van der Waals surface area contributed by atoms with Crippen molar-refractivity contribution in [1.82, 2.24) is 0 Å². The maximum atomic E-state index is 11.5. The van der Waals surface area contributed by atoms with Gasteiger partial charge in [0.25, 0.3) is 5.91 Å². The fourth-order valence-corrected chi connectivity index (χ4v) is 3.43. The lowest BCUT2D eigenvalue weighted by Gasteiger charge is -2.22. The number of anilines is 2. The molecule has 3 N–H and O–H groups in total. The third-order valence-electron chi connectivity index (χ3n) is 4.51. The SMILES string of the molecule is NC(=O)c1cc(Cl)ccc1Nc1ccc(C2CCCCC2)cc1. The van der Waals surface area contributed by atoms with Gasteiger partial charge in [0.1, 0.15) is 0 Å². The molecule has 1 aliphatic rings. The first-order valence-electron chi connectivity index (χ1n) is 8.10. The van der Waals surface area contributed by atoms with Crippen LogP contribution in [0.3, 0.4) is 0 Å². The average Bonchev–Trinajstić information content (AvgIpc) is 2.58. The molecular formula is C19H21ClN2O. The Morgan fingerprint density at radius 3 is 2.39 bits per heavy atom. The second-order valence-corrected chi connectivity index (χ2v) is 6.57. The number of nitrogens with one attached hydrogen (secondary N) is 1. The number of carbonyl (C=O) groups excluding carboxylic acids is 1. The standard InChI is InChI=1S/C19H21ClN2O/c20-15-8-11-18(17(12-15)19(21)23)22-16-9-6-14(7-10-16)13-4-2-1-3-5-13/h6-13,22H,1-5H2,(H2,21,23). The summed E-state index contributed by atoms with van der Waals surface area (Å²) < 4.78 is 0. The number of benzene rings is 2. The summed E-state index contributed by atoms with van der Waals surface area (Å²) in [4.78, 5) is 11.5. The molecule has 23 heavy (non-hydrogen) atoms. The molecule has 0 aromatic heterocycles. The van der Waals surface area contributed by atoms with Crippen LogP contribution in [0, 0.1) is 0 Å². The van der Waals surface area contributed by atoms with Gasteiger partial charge >= 0.3 is 0 Å². The van der Waals surface area contributed by atoms with Crippen LogP contribution in [0.2, 0.25) is 5.02 Å². The first-order chi connectivity index (χ1) is 11.1. The third kappa shape index (κ3) is 3.85. The largest absolute Gasteiger partial charge is 0.366 e. The quantitative estimate of drug-likeness (QED) is 0.807. The van der Waals surface area contributed by atoms with E-state index in [1.807, 2.05) is 0 Å². The molecule has 3 rings (SSSR count). The lowest BCUT2D eigenvalue weighted by atomic mass is 9.84. The van der Waals surface area contributed by atoms with Gasteiger partial charge in [-0.05, 0) is 54.7 Å². The van der Waals surface area contributed by atoms with E-state index in [4.69, 9.17) is 17.3 Å². The van der Waals surface area contributed by atoms with E-state index >= 15 is 0 Å². The molecule has 1 saturated carbocycles. The molecular weight excluding hydrogens is 308 g/mol. The van der Waals surface area contributed by atoms with E-state index in [9.17, 15) is 4.79 Å². The minimum Gasteiger partial charge on any atom is -0.366 e. The Balaban J connectivity index is 1.77. The number of halogens is 1. The van der Waals surface area contributed by atoms with Crippen molar-refractivity contribution < 1.29 is 4.79 Å². The summed E-state index contributed by atoms with van der Waals surface area (Å²) in [5.74, 6) is 0.198. The molecule has 0 saturated heterocycles. The summed E-state index contributed by atoms with van der Waals surface area (Å²) in [7, 11) is 0. The van der Waals surface area contributed by atoms with Crippen molar-refractivity contribution in [2.45, 2.75) is 38.0 Å². The van der Waals surface area contributed by atoms with Crippen LogP contribution < -0.4 is 11.1 Å². The van der Waals surface area contributed by atoms with Crippen molar-refractivity contribution in [2.24, 2.45) is 5.73 Å². The van der Waals surface area contributed by atoms with Crippen molar-refractivity contribution in [3.05, 3.63) is 58.6 Å². The predicted molar refractivity (Wildman–Crippen MR) is 95.5 cm³/mol. The number of hydrogen-bond acceptors (Lipinski definition) is 2. The van der Waals surface area contributed by atoms with Crippen LogP contribution >= 0.6 is 11.6 Å². The number of nitrogens with two attached hydrogens (primary N) is 1. The molecule has 3 nitrogen and oxygen atoms in total. The van der Waals surface area contributed by atoms with Crippen LogP contribution in [0.1, 0.15) is 53.9 Å². The molecule has 2 aromatic carbocycles. The van der Waals surface area contributed by atoms with Gasteiger partial charge in [-0.15, -0.1) is 0 Å². The highest BCUT2D eigenvalue weighted by Crippen LogP contribution is 2.33. The number of primary amides is 1. The number of rotatable bonds is 4. The number of hydrogen-bond donors (Lipinski definition) is 2. The van der Waals surface area contributed by atoms with Gasteiger partial charge in [-0.2, -0.15) is 0 Å². The van der Waals surface area contributed by atoms with Crippen LogP contribution in [-0.4, -0.2) is 5.91 Å². The number of amides is 1. The van der Waals surface area contributed by atoms with Gasteiger partial charge < -0.3 is 11.1 Å². The maximum Gasteiger partial charge on any atom is 0.250 e. The van der Waals surface area contributed by atoms with Gasteiger partial charge in [0.2, 0.25) is 0 Å². The Morgan fingerprint density at radius 1 is 1.04 bits per heavy atom. The third-order valence-corrected chi connectivity index (χ3v) is 4.75. The van der Waals surface area contributed by atoms with E-state index in [-0.39, 0.29) is 0 Å². The molecule has 0 spiro atoms. The van der Waals surface area contributed by atoms with Crippen molar-refractivity contribution in [3.8, 4) is 0 Å². The van der Waals surface area contributed by atoms with E-state index in [1.54, 1.807) is 18.2 Å². The molecule has 1 amide bonds. The van der Waals surface area contributed by atoms with E-state index in [0.717, 1.165) is 5.69 Å². The van der Waals surface area contributed by atoms with E-state index in [2.05, 4.69) is 29.6 Å². The molecule has 0 atom stereocenters. The van der Waals surface area contributed by atoms with E-state index in [1.165, 1.54) is 37.7 Å². The lowest BCUT2D eigenvalue weighted by Crippen LogP contribution is -2.13. The zero-order valence-corrected chi connectivity index (χ0v) is 13.8. The van der Waals surface area contributed by atoms with Gasteiger partial charge in [-0.1, -0.05) is 43.0 Å². The average molecular weight is 329 g/mol. The minimum atomic E-state index is -0.492. The first kappa shape index (κ1) is 15.9. The first-order valence-corrected chi connectivity index (χ1v) is 8.47. The molecule has 1 aliphatic carbocycles. The Kier molecular flexibility index (Phi) is 4.87. The molecule has 2 aromatic rings. The van der Waals surface area contributed by atoms with Gasteiger partial charge in [-0.3, -0.25) is 4.79 Å². The van der Waals surface area contributed by atoms with Crippen LogP contribution in [0.5, 0.6) is 0 Å². The second kappa shape index (κ2) is 7.05. The summed E-state index contributed by atoms with van der Waals surface area (Å²) in [6.45, 7) is 0. The fraction of sp³-hybridized carbons (Fsp3) is 0.316. The maximum absolute atomic E-state index is 11.5. The van der Waals surface area contributed by atoms with Crippen molar-refractivity contribution in [3.63, 3.8) is 0 Å². The summed E-state index contributed by atoms with van der Waals surface area (Å²) in [5, 5.41) is 3.75. The van der Waals surface area contributed by atoms with Crippen molar-refractivity contribution in [2.75, 3.05) is 5.32 Å². The summed E-state index contributed by atoms with van der Waals surface area (Å²) >= 11 is 5.94. The lowest BCUT2D eigenvalue weighted by molar-refractivity contribution is 0.100. The van der Waals surface area contributed by atoms with Gasteiger partial charge in [-0.25, -0.2) is 0 Å². The summed E-state index contributed by atoms with van der Waals surface area (Å²) in [6, 6.07) is 13.6. The van der Waals surface area contributed by atoms with Crippen LogP contribution in [0.4, 0.5) is 11.4 Å². The summed E-state index contributed by atoms with van der Waals surface area (Å²) in [6.07, 6.45) is 6.60. The van der Waals surface area contributed by atoms with Crippen molar-refractivity contribution >= 4 is 28.9 Å². The highest BCUT2D eigenvalue weighted by molar-refractivity contribution is 6.31. The monoisotopic (exact) mass is 328 g/mol. The van der Waals surface area contributed by atoms with Gasteiger partial charge in [0.15, 0.2) is 0 Å². The Labute approximate surface area is 141 Å². The zero-order valence-electron chi connectivity index (χ0n) is 13.0.